The molecule has 1 fully saturated rings. The first kappa shape index (κ1) is 16.2. The van der Waals surface area contributed by atoms with Crippen LogP contribution in [-0.4, -0.2) is 30.5 Å². The van der Waals surface area contributed by atoms with Gasteiger partial charge in [-0.1, -0.05) is 18.2 Å². The van der Waals surface area contributed by atoms with Gasteiger partial charge in [-0.3, -0.25) is 0 Å². The summed E-state index contributed by atoms with van der Waals surface area (Å²) in [4.78, 5) is 4.50. The van der Waals surface area contributed by atoms with Gasteiger partial charge >= 0.3 is 0 Å². The number of nitrogen functional groups attached to an aromatic ring is 1. The molecule has 3 aromatic rings. The van der Waals surface area contributed by atoms with E-state index in [4.69, 9.17) is 19.9 Å². The molecule has 138 valence electrons. The molecule has 1 atom stereocenters. The number of aromatic nitrogens is 1. The maximum Gasteiger partial charge on any atom is 0.231 e. The SMILES string of the molecule is Nc1ccc2cccc(O[C@@]3(Cc4ccc5c(c4)OCO5)CCNC3)c2n1. The summed E-state index contributed by atoms with van der Waals surface area (Å²) in [6.07, 6.45) is 1.69. The van der Waals surface area contributed by atoms with E-state index in [9.17, 15) is 0 Å². The van der Waals surface area contributed by atoms with Gasteiger partial charge in [0.2, 0.25) is 6.79 Å². The Morgan fingerprint density at radius 2 is 2.04 bits per heavy atom. The minimum Gasteiger partial charge on any atom is -0.483 e. The molecule has 3 N–H and O–H groups in total. The lowest BCUT2D eigenvalue weighted by molar-refractivity contribution is 0.0919. The van der Waals surface area contributed by atoms with Gasteiger partial charge in [0.25, 0.3) is 0 Å². The van der Waals surface area contributed by atoms with Crippen LogP contribution in [0.3, 0.4) is 0 Å². The number of anilines is 1. The van der Waals surface area contributed by atoms with Gasteiger partial charge in [-0.15, -0.1) is 0 Å². The van der Waals surface area contributed by atoms with Crippen molar-refractivity contribution in [3.63, 3.8) is 0 Å². The molecule has 0 saturated carbocycles. The van der Waals surface area contributed by atoms with Crippen LogP contribution in [-0.2, 0) is 6.42 Å². The standard InChI is InChI=1S/C21H21N3O3/c22-19-7-5-15-2-1-3-17(20(15)24-19)27-21(8-9-23-12-21)11-14-4-6-16-18(10-14)26-13-25-16/h1-7,10,23H,8-9,11-13H2,(H2,22,24)/t21-/m1/s1. The van der Waals surface area contributed by atoms with Crippen LogP contribution in [0.5, 0.6) is 17.2 Å². The van der Waals surface area contributed by atoms with Crippen molar-refractivity contribution in [2.75, 3.05) is 25.6 Å². The third kappa shape index (κ3) is 3.02. The van der Waals surface area contributed by atoms with E-state index in [0.29, 0.717) is 5.82 Å². The van der Waals surface area contributed by atoms with Gasteiger partial charge in [-0.25, -0.2) is 4.98 Å². The number of benzene rings is 2. The van der Waals surface area contributed by atoms with Crippen molar-refractivity contribution in [3.8, 4) is 17.2 Å². The first-order valence-electron chi connectivity index (χ1n) is 9.14. The minimum absolute atomic E-state index is 0.283. The molecular weight excluding hydrogens is 342 g/mol. The highest BCUT2D eigenvalue weighted by molar-refractivity contribution is 5.85. The smallest absolute Gasteiger partial charge is 0.231 e. The minimum atomic E-state index is -0.339. The maximum atomic E-state index is 6.60. The zero-order chi connectivity index (χ0) is 18.3. The monoisotopic (exact) mass is 363 g/mol. The number of hydrogen-bond donors (Lipinski definition) is 2. The van der Waals surface area contributed by atoms with Crippen LogP contribution in [0, 0.1) is 0 Å². The fraction of sp³-hybridized carbons (Fsp3) is 0.286. The number of nitrogens with zero attached hydrogens (tertiary/aromatic N) is 1. The molecule has 0 amide bonds. The molecule has 1 saturated heterocycles. The molecule has 0 spiro atoms. The van der Waals surface area contributed by atoms with E-state index in [1.165, 1.54) is 0 Å². The predicted molar refractivity (Wildman–Crippen MR) is 103 cm³/mol. The fourth-order valence-corrected chi connectivity index (χ4v) is 3.87. The van der Waals surface area contributed by atoms with Crippen molar-refractivity contribution in [1.29, 1.82) is 0 Å². The van der Waals surface area contributed by atoms with E-state index >= 15 is 0 Å². The zero-order valence-corrected chi connectivity index (χ0v) is 14.9. The third-order valence-electron chi connectivity index (χ3n) is 5.20. The molecule has 27 heavy (non-hydrogen) atoms. The molecule has 0 aliphatic carbocycles. The number of nitrogens with two attached hydrogens (primary N) is 1. The van der Waals surface area contributed by atoms with Gasteiger partial charge in [0.1, 0.15) is 22.7 Å². The number of rotatable bonds is 4. The lowest BCUT2D eigenvalue weighted by atomic mass is 9.93. The van der Waals surface area contributed by atoms with E-state index in [1.54, 1.807) is 0 Å². The van der Waals surface area contributed by atoms with Crippen LogP contribution in [0.1, 0.15) is 12.0 Å². The lowest BCUT2D eigenvalue weighted by Crippen LogP contribution is -2.40. The number of fused-ring (bicyclic) bond motifs is 2. The summed E-state index contributed by atoms with van der Waals surface area (Å²) < 4.78 is 17.5. The third-order valence-corrected chi connectivity index (χ3v) is 5.20. The van der Waals surface area contributed by atoms with E-state index < -0.39 is 0 Å². The quantitative estimate of drug-likeness (QED) is 0.742. The Bertz CT molecular complexity index is 999. The van der Waals surface area contributed by atoms with Crippen LogP contribution in [0.25, 0.3) is 10.9 Å². The Labute approximate surface area is 157 Å². The van der Waals surface area contributed by atoms with Crippen LogP contribution in [0.15, 0.2) is 48.5 Å². The summed E-state index contributed by atoms with van der Waals surface area (Å²) >= 11 is 0. The normalized spacial score (nSPS) is 20.9. The van der Waals surface area contributed by atoms with Crippen LogP contribution < -0.4 is 25.3 Å². The molecule has 6 nitrogen and oxygen atoms in total. The zero-order valence-electron chi connectivity index (χ0n) is 14.9. The van der Waals surface area contributed by atoms with Crippen molar-refractivity contribution in [2.24, 2.45) is 0 Å². The number of nitrogens with one attached hydrogen (secondary N) is 1. The number of pyridine rings is 1. The van der Waals surface area contributed by atoms with E-state index in [0.717, 1.165) is 59.6 Å². The Balaban J connectivity index is 1.48. The van der Waals surface area contributed by atoms with Gasteiger partial charge in [-0.05, 0) is 42.4 Å². The summed E-state index contributed by atoms with van der Waals surface area (Å²) in [5, 5.41) is 4.46. The van der Waals surface area contributed by atoms with Crippen molar-refractivity contribution in [3.05, 3.63) is 54.1 Å². The van der Waals surface area contributed by atoms with Gasteiger partial charge in [0.15, 0.2) is 11.5 Å². The fourth-order valence-electron chi connectivity index (χ4n) is 3.87. The van der Waals surface area contributed by atoms with Gasteiger partial charge in [0.05, 0.1) is 0 Å². The molecule has 1 aromatic heterocycles. The first-order valence-corrected chi connectivity index (χ1v) is 9.14. The number of hydrogen-bond acceptors (Lipinski definition) is 6. The molecule has 3 heterocycles. The van der Waals surface area contributed by atoms with E-state index in [-0.39, 0.29) is 12.4 Å². The summed E-state index contributed by atoms with van der Waals surface area (Å²) in [5.74, 6) is 2.86. The Hall–Kier alpha value is -2.99. The first-order chi connectivity index (χ1) is 13.2. The summed E-state index contributed by atoms with van der Waals surface area (Å²) in [5.41, 5.74) is 7.53. The Morgan fingerprint density at radius 3 is 2.93 bits per heavy atom. The van der Waals surface area contributed by atoms with Gasteiger partial charge in [0, 0.05) is 24.8 Å². The molecule has 5 rings (SSSR count). The van der Waals surface area contributed by atoms with Crippen molar-refractivity contribution >= 4 is 16.7 Å². The molecule has 0 unspecified atom stereocenters. The highest BCUT2D eigenvalue weighted by Gasteiger charge is 2.37. The average molecular weight is 363 g/mol. The number of ether oxygens (including phenoxy) is 3. The topological polar surface area (TPSA) is 78.6 Å². The molecule has 0 radical (unpaired) electrons. The number of para-hydroxylation sites is 1. The molecule has 2 aliphatic rings. The average Bonchev–Trinajstić information content (AvgIpc) is 3.31. The summed E-state index contributed by atoms with van der Waals surface area (Å²) in [7, 11) is 0. The molecule has 6 heteroatoms. The second-order valence-electron chi connectivity index (χ2n) is 7.14. The maximum absolute atomic E-state index is 6.60. The van der Waals surface area contributed by atoms with Crippen LogP contribution in [0.4, 0.5) is 5.82 Å². The van der Waals surface area contributed by atoms with E-state index in [2.05, 4.69) is 16.4 Å². The molecule has 2 aromatic carbocycles. The predicted octanol–water partition coefficient (Wildman–Crippen LogP) is 2.90. The summed E-state index contributed by atoms with van der Waals surface area (Å²) in [6, 6.07) is 15.9. The largest absolute Gasteiger partial charge is 0.483 e. The van der Waals surface area contributed by atoms with E-state index in [1.807, 2.05) is 42.5 Å². The molecule has 0 bridgehead atoms. The highest BCUT2D eigenvalue weighted by Crippen LogP contribution is 2.36. The highest BCUT2D eigenvalue weighted by atomic mass is 16.7. The molecular formula is C21H21N3O3. The van der Waals surface area contributed by atoms with Crippen LogP contribution in [0.2, 0.25) is 0 Å². The Morgan fingerprint density at radius 1 is 1.11 bits per heavy atom. The summed E-state index contributed by atoms with van der Waals surface area (Å²) in [6.45, 7) is 1.98. The second-order valence-corrected chi connectivity index (χ2v) is 7.14. The van der Waals surface area contributed by atoms with Gasteiger partial charge in [-0.2, -0.15) is 0 Å². The van der Waals surface area contributed by atoms with Crippen molar-refractivity contribution in [2.45, 2.75) is 18.4 Å². The Kier molecular flexibility index (Phi) is 3.79. The molecule has 2 aliphatic heterocycles. The lowest BCUT2D eigenvalue weighted by Gasteiger charge is -2.30. The second kappa shape index (κ2) is 6.32. The van der Waals surface area contributed by atoms with Gasteiger partial charge < -0.3 is 25.3 Å². The van der Waals surface area contributed by atoms with Crippen molar-refractivity contribution < 1.29 is 14.2 Å². The van der Waals surface area contributed by atoms with Crippen molar-refractivity contribution in [1.82, 2.24) is 10.3 Å². The van der Waals surface area contributed by atoms with Crippen LogP contribution >= 0.6 is 0 Å².